The van der Waals surface area contributed by atoms with Crippen LogP contribution in [0.3, 0.4) is 0 Å². The van der Waals surface area contributed by atoms with Gasteiger partial charge in [-0.1, -0.05) is 49.0 Å². The number of carbonyl (C=O) groups excluding carboxylic acids is 1. The molecule has 34 heavy (non-hydrogen) atoms. The highest BCUT2D eigenvalue weighted by atomic mass is 32.2. The van der Waals surface area contributed by atoms with Crippen LogP contribution in [0.25, 0.3) is 22.4 Å². The van der Waals surface area contributed by atoms with Crippen molar-refractivity contribution < 1.29 is 4.79 Å². The standard InChI is InChI=1S/C26H29N5O2S/c1-16-12-14-29(15-13-16)23(32)19(4)34-26-28-27-25-30(26)21-11-6-5-10-20(21)24(33)31(25)22-17(2)8-7-9-18(22)3/h5-11,16,19H,12-15H2,1-4H3. The number of amides is 1. The molecule has 1 aliphatic heterocycles. The predicted octanol–water partition coefficient (Wildman–Crippen LogP) is 4.39. The number of hydrogen-bond acceptors (Lipinski definition) is 5. The molecule has 4 aromatic rings. The van der Waals surface area contributed by atoms with Gasteiger partial charge in [-0.2, -0.15) is 0 Å². The number of fused-ring (bicyclic) bond motifs is 3. The number of benzene rings is 2. The number of hydrogen-bond donors (Lipinski definition) is 0. The molecule has 0 N–H and O–H groups in total. The first-order chi connectivity index (χ1) is 16.4. The van der Waals surface area contributed by atoms with Gasteiger partial charge in [0.15, 0.2) is 5.16 Å². The second-order valence-electron chi connectivity index (χ2n) is 9.28. The zero-order valence-corrected chi connectivity index (χ0v) is 20.8. The lowest BCUT2D eigenvalue weighted by molar-refractivity contribution is -0.131. The minimum Gasteiger partial charge on any atom is -0.342 e. The van der Waals surface area contributed by atoms with Gasteiger partial charge in [0, 0.05) is 13.1 Å². The van der Waals surface area contributed by atoms with E-state index in [4.69, 9.17) is 0 Å². The first kappa shape index (κ1) is 22.7. The van der Waals surface area contributed by atoms with Crippen LogP contribution in [0.5, 0.6) is 0 Å². The number of piperidine rings is 1. The van der Waals surface area contributed by atoms with Crippen molar-refractivity contribution in [2.75, 3.05) is 13.1 Å². The van der Waals surface area contributed by atoms with Crippen LogP contribution < -0.4 is 5.56 Å². The van der Waals surface area contributed by atoms with Crippen LogP contribution in [0, 0.1) is 19.8 Å². The number of nitrogens with zero attached hydrogens (tertiary/aromatic N) is 5. The summed E-state index contributed by atoms with van der Waals surface area (Å²) < 4.78 is 3.57. The Labute approximate surface area is 202 Å². The largest absolute Gasteiger partial charge is 0.342 e. The van der Waals surface area contributed by atoms with Crippen molar-refractivity contribution in [1.29, 1.82) is 0 Å². The van der Waals surface area contributed by atoms with Gasteiger partial charge >= 0.3 is 0 Å². The Hall–Kier alpha value is -3.13. The van der Waals surface area contributed by atoms with E-state index in [0.717, 1.165) is 48.3 Å². The maximum atomic E-state index is 13.6. The minimum atomic E-state index is -0.305. The maximum absolute atomic E-state index is 13.6. The fourth-order valence-electron chi connectivity index (χ4n) is 4.81. The van der Waals surface area contributed by atoms with Crippen LogP contribution in [0.4, 0.5) is 0 Å². The van der Waals surface area contributed by atoms with Gasteiger partial charge in [-0.3, -0.25) is 14.0 Å². The lowest BCUT2D eigenvalue weighted by Crippen LogP contribution is -2.41. The SMILES string of the molecule is Cc1cccc(C)c1-n1c(=O)c2ccccc2n2c(SC(C)C(=O)N3CCC(C)CC3)nnc12. The maximum Gasteiger partial charge on any atom is 0.267 e. The van der Waals surface area contributed by atoms with E-state index in [1.165, 1.54) is 11.8 Å². The van der Waals surface area contributed by atoms with E-state index >= 15 is 0 Å². The average molecular weight is 476 g/mol. The second kappa shape index (κ2) is 8.91. The lowest BCUT2D eigenvalue weighted by Gasteiger charge is -2.31. The highest BCUT2D eigenvalue weighted by molar-refractivity contribution is 8.00. The van der Waals surface area contributed by atoms with Crippen molar-refractivity contribution in [1.82, 2.24) is 24.1 Å². The molecular weight excluding hydrogens is 446 g/mol. The molecule has 1 amide bonds. The zero-order chi connectivity index (χ0) is 24.0. The normalized spacial score (nSPS) is 15.8. The monoisotopic (exact) mass is 475 g/mol. The predicted molar refractivity (Wildman–Crippen MR) is 136 cm³/mol. The number of aromatic nitrogens is 4. The van der Waals surface area contributed by atoms with E-state index < -0.39 is 0 Å². The molecule has 3 heterocycles. The summed E-state index contributed by atoms with van der Waals surface area (Å²) in [7, 11) is 0. The molecule has 7 nitrogen and oxygen atoms in total. The fraction of sp³-hybridized carbons (Fsp3) is 0.385. The van der Waals surface area contributed by atoms with E-state index in [1.54, 1.807) is 4.57 Å². The molecular formula is C26H29N5O2S. The Kier molecular flexibility index (Phi) is 5.93. The number of aryl methyl sites for hydroxylation is 2. The smallest absolute Gasteiger partial charge is 0.267 e. The summed E-state index contributed by atoms with van der Waals surface area (Å²) in [6, 6.07) is 13.5. The number of rotatable bonds is 4. The Morgan fingerprint density at radius 2 is 1.71 bits per heavy atom. The van der Waals surface area contributed by atoms with Gasteiger partial charge in [-0.05, 0) is 62.8 Å². The molecule has 0 saturated carbocycles. The minimum absolute atomic E-state index is 0.126. The highest BCUT2D eigenvalue weighted by Crippen LogP contribution is 2.29. The average Bonchev–Trinajstić information content (AvgIpc) is 3.24. The van der Waals surface area contributed by atoms with Crippen LogP contribution in [0.15, 0.2) is 52.4 Å². The van der Waals surface area contributed by atoms with Crippen LogP contribution in [-0.2, 0) is 4.79 Å². The van der Waals surface area contributed by atoms with Gasteiger partial charge in [0.05, 0.1) is 21.8 Å². The van der Waals surface area contributed by atoms with Gasteiger partial charge in [-0.15, -0.1) is 10.2 Å². The summed E-state index contributed by atoms with van der Waals surface area (Å²) in [4.78, 5) is 28.8. The molecule has 5 rings (SSSR count). The molecule has 1 aliphatic rings. The van der Waals surface area contributed by atoms with Crippen LogP contribution in [0.1, 0.15) is 37.8 Å². The highest BCUT2D eigenvalue weighted by Gasteiger charge is 2.27. The van der Waals surface area contributed by atoms with Gasteiger partial charge in [0.1, 0.15) is 0 Å². The summed E-state index contributed by atoms with van der Waals surface area (Å²) in [6.07, 6.45) is 2.09. The third-order valence-corrected chi connectivity index (χ3v) is 7.81. The quantitative estimate of drug-likeness (QED) is 0.410. The molecule has 0 bridgehead atoms. The second-order valence-corrected chi connectivity index (χ2v) is 10.6. The van der Waals surface area contributed by atoms with E-state index in [2.05, 4.69) is 17.1 Å². The first-order valence-corrected chi connectivity index (χ1v) is 12.7. The van der Waals surface area contributed by atoms with Gasteiger partial charge in [0.2, 0.25) is 11.7 Å². The van der Waals surface area contributed by atoms with E-state index in [-0.39, 0.29) is 16.7 Å². The molecule has 1 fully saturated rings. The molecule has 8 heteroatoms. The zero-order valence-electron chi connectivity index (χ0n) is 20.0. The molecule has 0 spiro atoms. The van der Waals surface area contributed by atoms with Crippen molar-refractivity contribution in [3.63, 3.8) is 0 Å². The number of thioether (sulfide) groups is 1. The van der Waals surface area contributed by atoms with Gasteiger partial charge in [0.25, 0.3) is 5.56 Å². The lowest BCUT2D eigenvalue weighted by atomic mass is 9.99. The summed E-state index contributed by atoms with van der Waals surface area (Å²) in [6.45, 7) is 9.76. The first-order valence-electron chi connectivity index (χ1n) is 11.8. The summed E-state index contributed by atoms with van der Waals surface area (Å²) in [5.41, 5.74) is 3.40. The van der Waals surface area contributed by atoms with Crippen LogP contribution in [0.2, 0.25) is 0 Å². The Balaban J connectivity index is 1.64. The third kappa shape index (κ3) is 3.79. The van der Waals surface area contributed by atoms with Crippen molar-refractivity contribution in [3.8, 4) is 5.69 Å². The topological polar surface area (TPSA) is 72.5 Å². The van der Waals surface area contributed by atoms with Crippen molar-refractivity contribution in [2.24, 2.45) is 5.92 Å². The van der Waals surface area contributed by atoms with Gasteiger partial charge in [-0.25, -0.2) is 4.57 Å². The number of likely N-dealkylation sites (tertiary alicyclic amines) is 1. The molecule has 176 valence electrons. The van der Waals surface area contributed by atoms with E-state index in [0.29, 0.717) is 22.2 Å². The molecule has 2 aromatic heterocycles. The molecule has 1 atom stereocenters. The number of carbonyl (C=O) groups is 1. The molecule has 0 radical (unpaired) electrons. The molecule has 1 unspecified atom stereocenters. The Morgan fingerprint density at radius 1 is 1.03 bits per heavy atom. The van der Waals surface area contributed by atoms with Crippen molar-refractivity contribution in [2.45, 2.75) is 50.9 Å². The third-order valence-electron chi connectivity index (χ3n) is 6.78. The fourth-order valence-corrected chi connectivity index (χ4v) is 5.75. The summed E-state index contributed by atoms with van der Waals surface area (Å²) in [5.74, 6) is 1.25. The van der Waals surface area contributed by atoms with E-state index in [9.17, 15) is 9.59 Å². The molecule has 2 aromatic carbocycles. The Morgan fingerprint density at radius 3 is 2.41 bits per heavy atom. The van der Waals surface area contributed by atoms with Crippen molar-refractivity contribution >= 4 is 34.3 Å². The Bertz CT molecular complexity index is 1430. The molecule has 0 aliphatic carbocycles. The van der Waals surface area contributed by atoms with Crippen molar-refractivity contribution in [3.05, 3.63) is 63.9 Å². The number of para-hydroxylation sites is 2. The van der Waals surface area contributed by atoms with Crippen LogP contribution in [-0.4, -0.2) is 48.3 Å². The summed E-state index contributed by atoms with van der Waals surface area (Å²) in [5, 5.41) is 9.80. The van der Waals surface area contributed by atoms with Gasteiger partial charge < -0.3 is 4.90 Å². The molecule has 1 saturated heterocycles. The van der Waals surface area contributed by atoms with E-state index in [1.807, 2.05) is 72.5 Å². The summed E-state index contributed by atoms with van der Waals surface area (Å²) >= 11 is 1.40. The van der Waals surface area contributed by atoms with Crippen LogP contribution >= 0.6 is 11.8 Å².